The van der Waals surface area contributed by atoms with Crippen molar-refractivity contribution in [3.05, 3.63) is 24.0 Å². The van der Waals surface area contributed by atoms with Gasteiger partial charge in [0.15, 0.2) is 0 Å². The zero-order valence-corrected chi connectivity index (χ0v) is 12.2. The molecule has 0 spiro atoms. The van der Waals surface area contributed by atoms with Gasteiger partial charge < -0.3 is 10.1 Å². The average Bonchev–Trinajstić information content (AvgIpc) is 2.42. The number of ether oxygens (including phenoxy) is 1. The van der Waals surface area contributed by atoms with Crippen LogP contribution in [0.3, 0.4) is 0 Å². The number of hydrogen-bond acceptors (Lipinski definition) is 3. The quantitative estimate of drug-likeness (QED) is 0.593. The minimum Gasteiger partial charge on any atom is -0.494 e. The number of methoxy groups -OCH3 is 1. The summed E-state index contributed by atoms with van der Waals surface area (Å²) in [4.78, 5) is 15.8. The van der Waals surface area contributed by atoms with Crippen LogP contribution in [0.4, 0.5) is 0 Å². The highest BCUT2D eigenvalue weighted by molar-refractivity contribution is 9.09. The average molecular weight is 315 g/mol. The molecule has 1 aromatic rings. The summed E-state index contributed by atoms with van der Waals surface area (Å²) in [5, 5.41) is 3.94. The highest BCUT2D eigenvalue weighted by Crippen LogP contribution is 2.15. The van der Waals surface area contributed by atoms with E-state index in [1.54, 1.807) is 18.5 Å². The SMILES string of the molecule is COc1cnccc1C(=O)NCCCCCCBr. The molecule has 0 fully saturated rings. The summed E-state index contributed by atoms with van der Waals surface area (Å²) in [6.45, 7) is 0.701. The maximum Gasteiger partial charge on any atom is 0.255 e. The fraction of sp³-hybridized carbons (Fsp3) is 0.538. The molecule has 1 heterocycles. The first kappa shape index (κ1) is 15.0. The van der Waals surface area contributed by atoms with E-state index in [2.05, 4.69) is 26.2 Å². The Balaban J connectivity index is 2.32. The van der Waals surface area contributed by atoms with Crippen LogP contribution >= 0.6 is 15.9 Å². The number of halogens is 1. The van der Waals surface area contributed by atoms with Crippen LogP contribution in [0.25, 0.3) is 0 Å². The van der Waals surface area contributed by atoms with Crippen molar-refractivity contribution in [1.82, 2.24) is 10.3 Å². The highest BCUT2D eigenvalue weighted by Gasteiger charge is 2.10. The third kappa shape index (κ3) is 5.04. The van der Waals surface area contributed by atoms with Gasteiger partial charge in [-0.2, -0.15) is 0 Å². The fourth-order valence-electron chi connectivity index (χ4n) is 1.60. The number of alkyl halides is 1. The van der Waals surface area contributed by atoms with Crippen molar-refractivity contribution in [1.29, 1.82) is 0 Å². The number of hydrogen-bond donors (Lipinski definition) is 1. The Morgan fingerprint density at radius 3 is 2.89 bits per heavy atom. The zero-order valence-electron chi connectivity index (χ0n) is 10.6. The molecule has 0 radical (unpaired) electrons. The van der Waals surface area contributed by atoms with Gasteiger partial charge in [-0.15, -0.1) is 0 Å². The Hall–Kier alpha value is -1.10. The van der Waals surface area contributed by atoms with E-state index in [1.807, 2.05) is 0 Å². The second kappa shape index (κ2) is 8.91. The van der Waals surface area contributed by atoms with Crippen LogP contribution in [-0.4, -0.2) is 29.9 Å². The molecule has 0 aromatic carbocycles. The summed E-state index contributed by atoms with van der Waals surface area (Å²) >= 11 is 3.40. The minimum atomic E-state index is -0.102. The van der Waals surface area contributed by atoms with E-state index in [9.17, 15) is 4.79 Å². The van der Waals surface area contributed by atoms with Crippen molar-refractivity contribution < 1.29 is 9.53 Å². The smallest absolute Gasteiger partial charge is 0.255 e. The molecule has 1 aromatic heterocycles. The number of nitrogens with one attached hydrogen (secondary N) is 1. The first-order valence-corrected chi connectivity index (χ1v) is 7.24. The third-order valence-electron chi connectivity index (χ3n) is 2.60. The summed E-state index contributed by atoms with van der Waals surface area (Å²) in [7, 11) is 1.54. The number of amides is 1. The first-order chi connectivity index (χ1) is 8.79. The normalized spacial score (nSPS) is 10.1. The molecular weight excluding hydrogens is 296 g/mol. The Kier molecular flexibility index (Phi) is 7.41. The van der Waals surface area contributed by atoms with Crippen LogP contribution in [0.1, 0.15) is 36.0 Å². The fourth-order valence-corrected chi connectivity index (χ4v) is 2.00. The molecule has 0 atom stereocenters. The molecule has 0 aliphatic heterocycles. The van der Waals surface area contributed by atoms with Crippen LogP contribution in [0.2, 0.25) is 0 Å². The van der Waals surface area contributed by atoms with Crippen molar-refractivity contribution in [2.24, 2.45) is 0 Å². The Morgan fingerprint density at radius 2 is 2.17 bits per heavy atom. The van der Waals surface area contributed by atoms with Crippen molar-refractivity contribution in [3.8, 4) is 5.75 Å². The second-order valence-electron chi connectivity index (χ2n) is 3.94. The summed E-state index contributed by atoms with van der Waals surface area (Å²) in [5.74, 6) is 0.407. The molecule has 0 unspecified atom stereocenters. The highest BCUT2D eigenvalue weighted by atomic mass is 79.9. The Bertz CT molecular complexity index is 372. The predicted molar refractivity (Wildman–Crippen MR) is 75.4 cm³/mol. The van der Waals surface area contributed by atoms with Crippen LogP contribution in [-0.2, 0) is 0 Å². The molecule has 0 saturated carbocycles. The second-order valence-corrected chi connectivity index (χ2v) is 4.73. The predicted octanol–water partition coefficient (Wildman–Crippen LogP) is 2.78. The van der Waals surface area contributed by atoms with Gasteiger partial charge in [0, 0.05) is 18.1 Å². The minimum absolute atomic E-state index is 0.102. The Morgan fingerprint density at radius 1 is 1.39 bits per heavy atom. The topological polar surface area (TPSA) is 51.2 Å². The molecular formula is C13H19BrN2O2. The first-order valence-electron chi connectivity index (χ1n) is 6.11. The van der Waals surface area contributed by atoms with Gasteiger partial charge in [-0.05, 0) is 18.9 Å². The van der Waals surface area contributed by atoms with Crippen molar-refractivity contribution in [2.75, 3.05) is 19.0 Å². The van der Waals surface area contributed by atoms with Gasteiger partial charge in [-0.25, -0.2) is 0 Å². The number of pyridine rings is 1. The van der Waals surface area contributed by atoms with E-state index in [4.69, 9.17) is 4.74 Å². The van der Waals surface area contributed by atoms with Crippen molar-refractivity contribution >= 4 is 21.8 Å². The number of carbonyl (C=O) groups excluding carboxylic acids is 1. The number of carbonyl (C=O) groups is 1. The van der Waals surface area contributed by atoms with E-state index < -0.39 is 0 Å². The van der Waals surface area contributed by atoms with Gasteiger partial charge in [-0.3, -0.25) is 9.78 Å². The maximum atomic E-state index is 11.9. The van der Waals surface area contributed by atoms with E-state index in [1.165, 1.54) is 20.0 Å². The number of aromatic nitrogens is 1. The molecule has 1 N–H and O–H groups in total. The monoisotopic (exact) mass is 314 g/mol. The van der Waals surface area contributed by atoms with Gasteiger partial charge in [-0.1, -0.05) is 28.8 Å². The lowest BCUT2D eigenvalue weighted by molar-refractivity contribution is 0.0949. The molecule has 18 heavy (non-hydrogen) atoms. The van der Waals surface area contributed by atoms with Crippen LogP contribution in [0.5, 0.6) is 5.75 Å². The molecule has 4 nitrogen and oxygen atoms in total. The molecule has 0 aliphatic rings. The molecule has 0 bridgehead atoms. The zero-order chi connectivity index (χ0) is 13.2. The summed E-state index contributed by atoms with van der Waals surface area (Å²) in [6, 6.07) is 1.67. The summed E-state index contributed by atoms with van der Waals surface area (Å²) < 4.78 is 5.10. The van der Waals surface area contributed by atoms with E-state index >= 15 is 0 Å². The van der Waals surface area contributed by atoms with Crippen LogP contribution < -0.4 is 10.1 Å². The third-order valence-corrected chi connectivity index (χ3v) is 3.16. The van der Waals surface area contributed by atoms with Gasteiger partial charge >= 0.3 is 0 Å². The van der Waals surface area contributed by atoms with Crippen LogP contribution in [0.15, 0.2) is 18.5 Å². The largest absolute Gasteiger partial charge is 0.494 e. The van der Waals surface area contributed by atoms with Crippen molar-refractivity contribution in [3.63, 3.8) is 0 Å². The lowest BCUT2D eigenvalue weighted by atomic mass is 10.2. The van der Waals surface area contributed by atoms with Gasteiger partial charge in [0.25, 0.3) is 5.91 Å². The lowest BCUT2D eigenvalue weighted by Gasteiger charge is -2.08. The molecule has 1 amide bonds. The lowest BCUT2D eigenvalue weighted by Crippen LogP contribution is -2.24. The molecule has 5 heteroatoms. The molecule has 1 rings (SSSR count). The van der Waals surface area contributed by atoms with Crippen LogP contribution in [0, 0.1) is 0 Å². The van der Waals surface area contributed by atoms with Gasteiger partial charge in [0.2, 0.25) is 0 Å². The van der Waals surface area contributed by atoms with Gasteiger partial charge in [0.1, 0.15) is 5.75 Å². The number of unbranched alkanes of at least 4 members (excludes halogenated alkanes) is 3. The summed E-state index contributed by atoms with van der Waals surface area (Å²) in [5.41, 5.74) is 0.535. The number of nitrogens with zero attached hydrogens (tertiary/aromatic N) is 1. The van der Waals surface area contributed by atoms with E-state index in [-0.39, 0.29) is 5.91 Å². The number of rotatable bonds is 8. The molecule has 0 aliphatic carbocycles. The molecule has 100 valence electrons. The maximum absolute atomic E-state index is 11.9. The van der Waals surface area contributed by atoms with E-state index in [0.29, 0.717) is 17.9 Å². The standard InChI is InChI=1S/C13H19BrN2O2/c1-18-12-10-15-9-6-11(12)13(17)16-8-5-3-2-4-7-14/h6,9-10H,2-5,7-8H2,1H3,(H,16,17). The van der Waals surface area contributed by atoms with Crippen molar-refractivity contribution in [2.45, 2.75) is 25.7 Å². The molecule has 0 saturated heterocycles. The van der Waals surface area contributed by atoms with Gasteiger partial charge in [0.05, 0.1) is 18.9 Å². The Labute approximate surface area is 116 Å². The summed E-state index contributed by atoms with van der Waals surface area (Å²) in [6.07, 6.45) is 7.66. The van der Waals surface area contributed by atoms with E-state index in [0.717, 1.165) is 18.2 Å².